The van der Waals surface area contributed by atoms with Crippen LogP contribution in [0.1, 0.15) is 27.7 Å². The number of aromatic nitrogens is 2. The van der Waals surface area contributed by atoms with E-state index in [0.29, 0.717) is 13.1 Å². The van der Waals surface area contributed by atoms with Gasteiger partial charge in [0.15, 0.2) is 0 Å². The van der Waals surface area contributed by atoms with E-state index in [9.17, 15) is 4.79 Å². The molecule has 0 N–H and O–H groups in total. The van der Waals surface area contributed by atoms with Crippen LogP contribution in [0.2, 0.25) is 0 Å². The van der Waals surface area contributed by atoms with Crippen molar-refractivity contribution in [2.45, 2.75) is 39.8 Å². The average molecular weight is 437 g/mol. The Morgan fingerprint density at radius 2 is 1.78 bits per heavy atom. The standard InChI is InChI=1S/C25H32N4O3/c1-6-29-23(27-13-15-28(16-14-27)24(30)32-25(2,3)4)20-12-11-18(17-21(20)26-29)19-9-7-8-10-22(19)31-5/h7-12,17H,6,13-16H2,1-5H3. The molecular formula is C25H32N4O3. The highest BCUT2D eigenvalue weighted by Crippen LogP contribution is 2.35. The number of nitrogens with zero attached hydrogens (tertiary/aromatic N) is 4. The van der Waals surface area contributed by atoms with E-state index in [0.717, 1.165) is 53.2 Å². The van der Waals surface area contributed by atoms with Crippen LogP contribution in [0.4, 0.5) is 10.6 Å². The van der Waals surface area contributed by atoms with Gasteiger partial charge < -0.3 is 19.3 Å². The van der Waals surface area contributed by atoms with Crippen molar-refractivity contribution >= 4 is 22.8 Å². The van der Waals surface area contributed by atoms with Crippen molar-refractivity contribution in [2.75, 3.05) is 38.2 Å². The van der Waals surface area contributed by atoms with E-state index in [1.54, 1.807) is 12.0 Å². The number of para-hydroxylation sites is 1. The van der Waals surface area contributed by atoms with Gasteiger partial charge in [0, 0.05) is 43.7 Å². The van der Waals surface area contributed by atoms with Gasteiger partial charge in [-0.05, 0) is 51.5 Å². The predicted molar refractivity (Wildman–Crippen MR) is 127 cm³/mol. The molecule has 1 fully saturated rings. The lowest BCUT2D eigenvalue weighted by Crippen LogP contribution is -2.50. The van der Waals surface area contributed by atoms with Crippen molar-refractivity contribution in [1.82, 2.24) is 14.7 Å². The molecule has 32 heavy (non-hydrogen) atoms. The Kier molecular flexibility index (Phi) is 6.00. The van der Waals surface area contributed by atoms with Crippen LogP contribution in [0.3, 0.4) is 0 Å². The molecule has 0 unspecified atom stereocenters. The minimum Gasteiger partial charge on any atom is -0.496 e. The molecule has 7 nitrogen and oxygen atoms in total. The summed E-state index contributed by atoms with van der Waals surface area (Å²) in [6.45, 7) is 11.3. The lowest BCUT2D eigenvalue weighted by atomic mass is 10.0. The Balaban J connectivity index is 1.59. The van der Waals surface area contributed by atoms with Crippen molar-refractivity contribution in [3.8, 4) is 16.9 Å². The highest BCUT2D eigenvalue weighted by atomic mass is 16.6. The van der Waals surface area contributed by atoms with Gasteiger partial charge in [-0.15, -0.1) is 0 Å². The highest BCUT2D eigenvalue weighted by Gasteiger charge is 2.28. The van der Waals surface area contributed by atoms with E-state index in [1.165, 1.54) is 0 Å². The molecule has 1 aliphatic rings. The van der Waals surface area contributed by atoms with Crippen molar-refractivity contribution in [1.29, 1.82) is 0 Å². The molecule has 1 aliphatic heterocycles. The number of anilines is 1. The lowest BCUT2D eigenvalue weighted by molar-refractivity contribution is 0.0240. The first-order valence-electron chi connectivity index (χ1n) is 11.2. The summed E-state index contributed by atoms with van der Waals surface area (Å²) < 4.78 is 13.1. The number of hydrogen-bond donors (Lipinski definition) is 0. The van der Waals surface area contributed by atoms with Crippen molar-refractivity contribution < 1.29 is 14.3 Å². The monoisotopic (exact) mass is 436 g/mol. The Bertz CT molecular complexity index is 1110. The molecule has 7 heteroatoms. The molecule has 0 bridgehead atoms. The van der Waals surface area contributed by atoms with Gasteiger partial charge in [0.05, 0.1) is 12.6 Å². The molecule has 0 atom stereocenters. The molecule has 0 aliphatic carbocycles. The highest BCUT2D eigenvalue weighted by molar-refractivity contribution is 5.94. The van der Waals surface area contributed by atoms with Crippen LogP contribution in [-0.2, 0) is 11.3 Å². The topological polar surface area (TPSA) is 59.8 Å². The van der Waals surface area contributed by atoms with E-state index in [-0.39, 0.29) is 6.09 Å². The van der Waals surface area contributed by atoms with E-state index in [2.05, 4.69) is 40.8 Å². The van der Waals surface area contributed by atoms with Crippen LogP contribution in [-0.4, -0.2) is 59.7 Å². The molecular weight excluding hydrogens is 404 g/mol. The van der Waals surface area contributed by atoms with Gasteiger partial charge in [0.1, 0.15) is 17.2 Å². The summed E-state index contributed by atoms with van der Waals surface area (Å²) in [7, 11) is 1.69. The number of aryl methyl sites for hydroxylation is 1. The fraction of sp³-hybridized carbons (Fsp3) is 0.440. The van der Waals surface area contributed by atoms with Gasteiger partial charge in [0.25, 0.3) is 0 Å². The summed E-state index contributed by atoms with van der Waals surface area (Å²) >= 11 is 0. The summed E-state index contributed by atoms with van der Waals surface area (Å²) in [6.07, 6.45) is -0.243. The van der Waals surface area contributed by atoms with Crippen molar-refractivity contribution in [3.05, 3.63) is 42.5 Å². The van der Waals surface area contributed by atoms with Crippen molar-refractivity contribution in [2.24, 2.45) is 0 Å². The Morgan fingerprint density at radius 1 is 1.06 bits per heavy atom. The molecule has 1 aromatic heterocycles. The fourth-order valence-electron chi connectivity index (χ4n) is 4.15. The SMILES string of the molecule is CCn1nc2cc(-c3ccccc3OC)ccc2c1N1CCN(C(=O)OC(C)(C)C)CC1. The quantitative estimate of drug-likeness (QED) is 0.589. The maximum Gasteiger partial charge on any atom is 0.410 e. The van der Waals surface area contributed by atoms with Crippen LogP contribution >= 0.6 is 0 Å². The second kappa shape index (κ2) is 8.73. The second-order valence-corrected chi connectivity index (χ2v) is 9.03. The van der Waals surface area contributed by atoms with Crippen LogP contribution in [0.5, 0.6) is 5.75 Å². The van der Waals surface area contributed by atoms with Crippen LogP contribution in [0.15, 0.2) is 42.5 Å². The van der Waals surface area contributed by atoms with Gasteiger partial charge in [-0.2, -0.15) is 5.10 Å². The van der Waals surface area contributed by atoms with Gasteiger partial charge >= 0.3 is 6.09 Å². The third-order valence-electron chi connectivity index (χ3n) is 5.66. The first-order chi connectivity index (χ1) is 15.3. The molecule has 1 amide bonds. The number of rotatable bonds is 4. The molecule has 0 radical (unpaired) electrons. The maximum atomic E-state index is 12.4. The van der Waals surface area contributed by atoms with Crippen LogP contribution < -0.4 is 9.64 Å². The number of benzene rings is 2. The van der Waals surface area contributed by atoms with E-state index >= 15 is 0 Å². The molecule has 170 valence electrons. The number of methoxy groups -OCH3 is 1. The molecule has 0 spiro atoms. The number of carbonyl (C=O) groups is 1. The van der Waals surface area contributed by atoms with E-state index in [4.69, 9.17) is 14.6 Å². The third kappa shape index (κ3) is 4.38. The van der Waals surface area contributed by atoms with Crippen LogP contribution in [0, 0.1) is 0 Å². The third-order valence-corrected chi connectivity index (χ3v) is 5.66. The zero-order valence-electron chi connectivity index (χ0n) is 19.6. The summed E-state index contributed by atoms with van der Waals surface area (Å²) in [4.78, 5) is 16.5. The number of carbonyl (C=O) groups excluding carboxylic acids is 1. The molecule has 0 saturated carbocycles. The molecule has 3 aromatic rings. The van der Waals surface area contributed by atoms with Crippen LogP contribution in [0.25, 0.3) is 22.0 Å². The molecule has 4 rings (SSSR count). The zero-order valence-corrected chi connectivity index (χ0v) is 19.6. The molecule has 1 saturated heterocycles. The summed E-state index contributed by atoms with van der Waals surface area (Å²) in [5.41, 5.74) is 2.61. The minimum atomic E-state index is -0.482. The second-order valence-electron chi connectivity index (χ2n) is 9.03. The number of piperazine rings is 1. The first kappa shape index (κ1) is 22.0. The van der Waals surface area contributed by atoms with E-state index < -0.39 is 5.60 Å². The predicted octanol–water partition coefficient (Wildman–Crippen LogP) is 4.79. The fourth-order valence-corrected chi connectivity index (χ4v) is 4.15. The Labute approximate surface area is 189 Å². The van der Waals surface area contributed by atoms with Gasteiger partial charge in [-0.25, -0.2) is 9.48 Å². The summed E-state index contributed by atoms with van der Waals surface area (Å²) in [6, 6.07) is 14.4. The lowest BCUT2D eigenvalue weighted by Gasteiger charge is -2.36. The average Bonchev–Trinajstić information content (AvgIpc) is 3.15. The first-order valence-corrected chi connectivity index (χ1v) is 11.2. The van der Waals surface area contributed by atoms with Gasteiger partial charge in [-0.3, -0.25) is 0 Å². The number of fused-ring (bicyclic) bond motifs is 1. The summed E-state index contributed by atoms with van der Waals surface area (Å²) in [5.74, 6) is 1.96. The van der Waals surface area contributed by atoms with Gasteiger partial charge in [0.2, 0.25) is 0 Å². The minimum absolute atomic E-state index is 0.243. The van der Waals surface area contributed by atoms with Gasteiger partial charge in [-0.1, -0.05) is 24.3 Å². The van der Waals surface area contributed by atoms with E-state index in [1.807, 2.05) is 39.0 Å². The molecule has 2 heterocycles. The Morgan fingerprint density at radius 3 is 2.44 bits per heavy atom. The zero-order chi connectivity index (χ0) is 22.9. The molecule has 2 aromatic carbocycles. The smallest absolute Gasteiger partial charge is 0.410 e. The number of amides is 1. The van der Waals surface area contributed by atoms with Crippen molar-refractivity contribution in [3.63, 3.8) is 0 Å². The largest absolute Gasteiger partial charge is 0.496 e. The normalized spacial score (nSPS) is 14.7. The maximum absolute atomic E-state index is 12.4. The Hall–Kier alpha value is -3.22. The summed E-state index contributed by atoms with van der Waals surface area (Å²) in [5, 5.41) is 6.00. The number of ether oxygens (including phenoxy) is 2. The number of hydrogen-bond acceptors (Lipinski definition) is 5.